The maximum atomic E-state index is 12.2. The van der Waals surface area contributed by atoms with Crippen molar-refractivity contribution in [1.82, 2.24) is 15.0 Å². The fourth-order valence-electron chi connectivity index (χ4n) is 1.19. The van der Waals surface area contributed by atoms with Crippen LogP contribution in [0.15, 0.2) is 12.1 Å². The topological polar surface area (TPSA) is 41.6 Å². The zero-order valence-electron chi connectivity index (χ0n) is 7.82. The minimum absolute atomic E-state index is 0.273. The third kappa shape index (κ3) is 2.17. The van der Waals surface area contributed by atoms with Crippen LogP contribution in [0.4, 0.5) is 26.3 Å². The Morgan fingerprint density at radius 3 is 2.06 bits per heavy atom. The summed E-state index contributed by atoms with van der Waals surface area (Å²) in [5.41, 5.74) is -2.10. The van der Waals surface area contributed by atoms with Crippen LogP contribution in [0.1, 0.15) is 11.5 Å². The van der Waals surface area contributed by atoms with Gasteiger partial charge in [-0.1, -0.05) is 0 Å². The fraction of sp³-hybridized carbons (Fsp3) is 0.250. The SMILES string of the molecule is FC(F)(F)c1ccc2nc(C(F)(F)F)[nH]c2n1. The van der Waals surface area contributed by atoms with Crippen molar-refractivity contribution in [3.63, 3.8) is 0 Å². The predicted octanol–water partition coefficient (Wildman–Crippen LogP) is 3.00. The minimum Gasteiger partial charge on any atom is -0.319 e. The highest BCUT2D eigenvalue weighted by atomic mass is 19.4. The number of H-pyrrole nitrogens is 1. The van der Waals surface area contributed by atoms with Gasteiger partial charge in [0.25, 0.3) is 0 Å². The van der Waals surface area contributed by atoms with E-state index in [0.29, 0.717) is 6.07 Å². The van der Waals surface area contributed by atoms with Crippen LogP contribution >= 0.6 is 0 Å². The molecule has 0 aliphatic heterocycles. The van der Waals surface area contributed by atoms with Crippen molar-refractivity contribution in [1.29, 1.82) is 0 Å². The number of nitrogens with one attached hydrogen (secondary N) is 1. The summed E-state index contributed by atoms with van der Waals surface area (Å²) in [5, 5.41) is 0. The van der Waals surface area contributed by atoms with Crippen molar-refractivity contribution in [3.8, 4) is 0 Å². The molecule has 0 unspecified atom stereocenters. The standard InChI is InChI=1S/C8H3F6N3/c9-7(10,11)4-2-1-3-5(16-4)17-6(15-3)8(12,13)14/h1-2H,(H,15,16,17). The molecule has 0 bridgehead atoms. The molecule has 0 radical (unpaired) electrons. The van der Waals surface area contributed by atoms with Crippen molar-refractivity contribution >= 4 is 11.2 Å². The number of pyridine rings is 1. The highest BCUT2D eigenvalue weighted by molar-refractivity contribution is 5.70. The molecule has 2 heterocycles. The number of halogens is 6. The van der Waals surface area contributed by atoms with Gasteiger partial charge in [-0.05, 0) is 12.1 Å². The van der Waals surface area contributed by atoms with Gasteiger partial charge in [0.1, 0.15) is 11.2 Å². The molecular formula is C8H3F6N3. The molecule has 2 aromatic rings. The second kappa shape index (κ2) is 3.34. The summed E-state index contributed by atoms with van der Waals surface area (Å²) in [6.45, 7) is 0. The molecule has 0 atom stereocenters. The van der Waals surface area contributed by atoms with Crippen LogP contribution in [-0.4, -0.2) is 15.0 Å². The van der Waals surface area contributed by atoms with Gasteiger partial charge in [0.2, 0.25) is 5.82 Å². The quantitative estimate of drug-likeness (QED) is 0.735. The van der Waals surface area contributed by atoms with E-state index >= 15 is 0 Å². The lowest BCUT2D eigenvalue weighted by Crippen LogP contribution is -2.08. The van der Waals surface area contributed by atoms with Gasteiger partial charge in [0, 0.05) is 0 Å². The van der Waals surface area contributed by atoms with E-state index in [1.165, 1.54) is 0 Å². The molecular weight excluding hydrogens is 252 g/mol. The summed E-state index contributed by atoms with van der Waals surface area (Å²) in [6, 6.07) is 1.40. The summed E-state index contributed by atoms with van der Waals surface area (Å²) in [6.07, 6.45) is -9.46. The number of imidazole rings is 1. The Kier molecular flexibility index (Phi) is 2.30. The smallest absolute Gasteiger partial charge is 0.319 e. The Labute approximate surface area is 89.5 Å². The van der Waals surface area contributed by atoms with E-state index in [9.17, 15) is 26.3 Å². The molecule has 9 heteroatoms. The molecule has 0 saturated heterocycles. The summed E-state index contributed by atoms with van der Waals surface area (Å²) >= 11 is 0. The van der Waals surface area contributed by atoms with Gasteiger partial charge < -0.3 is 4.98 Å². The Hall–Kier alpha value is -1.80. The summed E-state index contributed by atoms with van der Waals surface area (Å²) in [4.78, 5) is 7.84. The lowest BCUT2D eigenvalue weighted by Gasteiger charge is -2.03. The number of nitrogens with zero attached hydrogens (tertiary/aromatic N) is 2. The number of aromatic nitrogens is 3. The van der Waals surface area contributed by atoms with E-state index in [4.69, 9.17) is 0 Å². The Balaban J connectivity index is 2.56. The highest BCUT2D eigenvalue weighted by Gasteiger charge is 2.36. The third-order valence-electron chi connectivity index (χ3n) is 1.90. The van der Waals surface area contributed by atoms with Gasteiger partial charge in [0.15, 0.2) is 5.65 Å². The van der Waals surface area contributed by atoms with Crippen LogP contribution in [0.3, 0.4) is 0 Å². The van der Waals surface area contributed by atoms with Crippen LogP contribution in [-0.2, 0) is 12.4 Å². The summed E-state index contributed by atoms with van der Waals surface area (Å²) in [5.74, 6) is -1.38. The molecule has 0 aliphatic rings. The Morgan fingerprint density at radius 2 is 1.53 bits per heavy atom. The fourth-order valence-corrected chi connectivity index (χ4v) is 1.19. The lowest BCUT2D eigenvalue weighted by molar-refractivity contribution is -0.144. The first-order valence-corrected chi connectivity index (χ1v) is 4.19. The number of hydrogen-bond donors (Lipinski definition) is 1. The number of aromatic amines is 1. The molecule has 0 aliphatic carbocycles. The highest BCUT2D eigenvalue weighted by Crippen LogP contribution is 2.31. The molecule has 0 spiro atoms. The maximum absolute atomic E-state index is 12.2. The number of alkyl halides is 6. The average Bonchev–Trinajstić information content (AvgIpc) is 2.57. The van der Waals surface area contributed by atoms with E-state index in [0.717, 1.165) is 6.07 Å². The molecule has 0 fully saturated rings. The first-order chi connectivity index (χ1) is 7.68. The Morgan fingerprint density at radius 1 is 0.882 bits per heavy atom. The zero-order valence-corrected chi connectivity index (χ0v) is 7.82. The van der Waals surface area contributed by atoms with Gasteiger partial charge in [-0.3, -0.25) is 0 Å². The van der Waals surface area contributed by atoms with Gasteiger partial charge in [-0.2, -0.15) is 26.3 Å². The number of rotatable bonds is 0. The molecule has 0 aromatic carbocycles. The lowest BCUT2D eigenvalue weighted by atomic mass is 10.3. The van der Waals surface area contributed by atoms with Crippen LogP contribution in [0.5, 0.6) is 0 Å². The monoisotopic (exact) mass is 255 g/mol. The Bertz CT molecular complexity index is 540. The first-order valence-electron chi connectivity index (χ1n) is 4.19. The molecule has 1 N–H and O–H groups in total. The number of fused-ring (bicyclic) bond motifs is 1. The van der Waals surface area contributed by atoms with Crippen LogP contribution < -0.4 is 0 Å². The zero-order chi connectivity index (χ0) is 12.8. The van der Waals surface area contributed by atoms with E-state index in [1.807, 2.05) is 0 Å². The van der Waals surface area contributed by atoms with Crippen molar-refractivity contribution < 1.29 is 26.3 Å². The molecule has 2 rings (SSSR count). The first kappa shape index (κ1) is 11.7. The molecule has 2 aromatic heterocycles. The van der Waals surface area contributed by atoms with E-state index in [1.54, 1.807) is 4.98 Å². The van der Waals surface area contributed by atoms with Crippen molar-refractivity contribution in [2.45, 2.75) is 12.4 Å². The minimum atomic E-state index is -4.75. The van der Waals surface area contributed by atoms with E-state index in [-0.39, 0.29) is 5.52 Å². The van der Waals surface area contributed by atoms with Crippen molar-refractivity contribution in [2.24, 2.45) is 0 Å². The maximum Gasteiger partial charge on any atom is 0.449 e. The molecule has 17 heavy (non-hydrogen) atoms. The largest absolute Gasteiger partial charge is 0.449 e. The van der Waals surface area contributed by atoms with Gasteiger partial charge in [-0.15, -0.1) is 0 Å². The second-order valence-corrected chi connectivity index (χ2v) is 3.15. The number of hydrogen-bond acceptors (Lipinski definition) is 2. The van der Waals surface area contributed by atoms with Crippen molar-refractivity contribution in [3.05, 3.63) is 23.7 Å². The van der Waals surface area contributed by atoms with E-state index < -0.39 is 29.5 Å². The van der Waals surface area contributed by atoms with E-state index in [2.05, 4.69) is 9.97 Å². The third-order valence-corrected chi connectivity index (χ3v) is 1.90. The molecule has 3 nitrogen and oxygen atoms in total. The molecule has 0 saturated carbocycles. The van der Waals surface area contributed by atoms with Crippen LogP contribution in [0.25, 0.3) is 11.2 Å². The molecule has 92 valence electrons. The average molecular weight is 255 g/mol. The van der Waals surface area contributed by atoms with Crippen LogP contribution in [0.2, 0.25) is 0 Å². The predicted molar refractivity (Wildman–Crippen MR) is 43.9 cm³/mol. The second-order valence-electron chi connectivity index (χ2n) is 3.15. The summed E-state index contributed by atoms with van der Waals surface area (Å²) < 4.78 is 73.4. The normalized spacial score (nSPS) is 13.3. The van der Waals surface area contributed by atoms with Crippen LogP contribution in [0, 0.1) is 0 Å². The van der Waals surface area contributed by atoms with Crippen molar-refractivity contribution in [2.75, 3.05) is 0 Å². The van der Waals surface area contributed by atoms with Gasteiger partial charge in [-0.25, -0.2) is 9.97 Å². The van der Waals surface area contributed by atoms with Gasteiger partial charge in [0.05, 0.1) is 0 Å². The summed E-state index contributed by atoms with van der Waals surface area (Å²) in [7, 11) is 0. The van der Waals surface area contributed by atoms with Gasteiger partial charge >= 0.3 is 12.4 Å². The molecule has 0 amide bonds.